The molecule has 1 aliphatic heterocycles. The number of carboxylic acid groups (broad SMARTS) is 1. The van der Waals surface area contributed by atoms with Crippen LogP contribution in [0.1, 0.15) is 12.0 Å². The molecule has 1 atom stereocenters. The van der Waals surface area contributed by atoms with Gasteiger partial charge in [-0.15, -0.1) is 0 Å². The third-order valence-electron chi connectivity index (χ3n) is 4.11. The average Bonchev–Trinajstić information content (AvgIpc) is 2.95. The van der Waals surface area contributed by atoms with Crippen molar-refractivity contribution < 1.29 is 33.0 Å². The van der Waals surface area contributed by atoms with Crippen molar-refractivity contribution in [2.24, 2.45) is 5.41 Å². The van der Waals surface area contributed by atoms with Gasteiger partial charge in [0, 0.05) is 25.8 Å². The summed E-state index contributed by atoms with van der Waals surface area (Å²) in [5, 5.41) is 9.41. The van der Waals surface area contributed by atoms with Crippen LogP contribution >= 0.6 is 0 Å². The predicted molar refractivity (Wildman–Crippen MR) is 79.9 cm³/mol. The Kier molecular flexibility index (Phi) is 5.71. The zero-order valence-electron chi connectivity index (χ0n) is 13.2. The molecule has 1 aliphatic rings. The molecule has 1 heterocycles. The smallest absolute Gasteiger partial charge is 0.387 e. The number of amides is 1. The number of carbonyl (C=O) groups is 2. The molecular weight excluding hydrogens is 324 g/mol. The van der Waals surface area contributed by atoms with Crippen LogP contribution in [0.15, 0.2) is 24.3 Å². The Balaban J connectivity index is 2.08. The minimum absolute atomic E-state index is 0.0111. The van der Waals surface area contributed by atoms with Gasteiger partial charge in [-0.2, -0.15) is 8.78 Å². The van der Waals surface area contributed by atoms with E-state index in [2.05, 4.69) is 4.74 Å². The Labute approximate surface area is 138 Å². The van der Waals surface area contributed by atoms with E-state index in [1.165, 1.54) is 30.2 Å². The number of carbonyl (C=O) groups excluding carboxylic acids is 1. The summed E-state index contributed by atoms with van der Waals surface area (Å²) in [6, 6.07) is 6.06. The van der Waals surface area contributed by atoms with Crippen LogP contribution < -0.4 is 4.74 Å². The molecule has 1 aromatic rings. The lowest BCUT2D eigenvalue weighted by Gasteiger charge is -2.24. The van der Waals surface area contributed by atoms with Crippen molar-refractivity contribution in [3.05, 3.63) is 29.8 Å². The lowest BCUT2D eigenvalue weighted by atomic mass is 9.88. The van der Waals surface area contributed by atoms with Crippen LogP contribution in [-0.4, -0.2) is 55.3 Å². The van der Waals surface area contributed by atoms with E-state index in [9.17, 15) is 23.5 Å². The van der Waals surface area contributed by atoms with Gasteiger partial charge in [-0.1, -0.05) is 18.2 Å². The van der Waals surface area contributed by atoms with E-state index < -0.39 is 18.0 Å². The second-order valence-corrected chi connectivity index (χ2v) is 5.75. The summed E-state index contributed by atoms with van der Waals surface area (Å²) in [5.41, 5.74) is -0.786. The van der Waals surface area contributed by atoms with Gasteiger partial charge in [0.2, 0.25) is 5.91 Å². The normalized spacial score (nSPS) is 20.4. The summed E-state index contributed by atoms with van der Waals surface area (Å²) in [6.45, 7) is -2.65. The van der Waals surface area contributed by atoms with Gasteiger partial charge in [-0.05, 0) is 12.5 Å². The van der Waals surface area contributed by atoms with Crippen molar-refractivity contribution in [2.75, 3.05) is 26.8 Å². The number of rotatable bonds is 7. The summed E-state index contributed by atoms with van der Waals surface area (Å²) in [6.07, 6.45) is 0.155. The molecule has 0 saturated carbocycles. The fraction of sp³-hybridized carbons (Fsp3) is 0.500. The number of hydrogen-bond donors (Lipinski definition) is 1. The Morgan fingerprint density at radius 2 is 2.08 bits per heavy atom. The van der Waals surface area contributed by atoms with Gasteiger partial charge in [-0.3, -0.25) is 9.59 Å². The molecule has 1 fully saturated rings. The largest absolute Gasteiger partial charge is 0.481 e. The average molecular weight is 343 g/mol. The van der Waals surface area contributed by atoms with Gasteiger partial charge < -0.3 is 19.5 Å². The van der Waals surface area contributed by atoms with Crippen molar-refractivity contribution in [1.82, 2.24) is 4.90 Å². The number of alkyl halides is 2. The van der Waals surface area contributed by atoms with E-state index in [0.29, 0.717) is 5.56 Å². The highest BCUT2D eigenvalue weighted by molar-refractivity contribution is 5.82. The maximum Gasteiger partial charge on any atom is 0.387 e. The standard InChI is InChI=1S/C16H19F2NO5/c1-23-10-16(14(21)22)6-7-19(9-16)13(20)8-11-4-2-3-5-12(11)24-15(17)18/h2-5,15H,6-10H2,1H3,(H,21,22). The molecular formula is C16H19F2NO5. The van der Waals surface area contributed by atoms with Gasteiger partial charge in [0.05, 0.1) is 13.0 Å². The molecule has 0 aromatic heterocycles. The van der Waals surface area contributed by atoms with Crippen molar-refractivity contribution in [1.29, 1.82) is 0 Å². The van der Waals surface area contributed by atoms with Crippen LogP contribution in [0.5, 0.6) is 5.75 Å². The van der Waals surface area contributed by atoms with Crippen molar-refractivity contribution >= 4 is 11.9 Å². The fourth-order valence-corrected chi connectivity index (χ4v) is 2.85. The third kappa shape index (κ3) is 4.00. The number of aliphatic carboxylic acids is 1. The summed E-state index contributed by atoms with van der Waals surface area (Å²) >= 11 is 0. The number of para-hydroxylation sites is 1. The Morgan fingerprint density at radius 1 is 1.38 bits per heavy atom. The summed E-state index contributed by atoms with van der Waals surface area (Å²) < 4.78 is 34.2. The quantitative estimate of drug-likeness (QED) is 0.817. The monoisotopic (exact) mass is 343 g/mol. The molecule has 1 N–H and O–H groups in total. The van der Waals surface area contributed by atoms with Crippen LogP contribution in [0.2, 0.25) is 0 Å². The number of methoxy groups -OCH3 is 1. The van der Waals surface area contributed by atoms with Gasteiger partial charge in [-0.25, -0.2) is 0 Å². The van der Waals surface area contributed by atoms with E-state index in [1.54, 1.807) is 6.07 Å². The number of halogens is 2. The van der Waals surface area contributed by atoms with Crippen LogP contribution in [0.25, 0.3) is 0 Å². The van der Waals surface area contributed by atoms with Crippen LogP contribution in [-0.2, 0) is 20.7 Å². The molecule has 1 unspecified atom stereocenters. The van der Waals surface area contributed by atoms with Crippen molar-refractivity contribution in [2.45, 2.75) is 19.5 Å². The number of ether oxygens (including phenoxy) is 2. The van der Waals surface area contributed by atoms with E-state index in [0.717, 1.165) is 0 Å². The SMILES string of the molecule is COCC1(C(=O)O)CCN(C(=O)Cc2ccccc2OC(F)F)C1. The minimum Gasteiger partial charge on any atom is -0.481 e. The lowest BCUT2D eigenvalue weighted by molar-refractivity contribution is -0.151. The molecule has 0 spiro atoms. The molecule has 1 saturated heterocycles. The predicted octanol–water partition coefficient (Wildman–Crippen LogP) is 1.78. The Morgan fingerprint density at radius 3 is 2.71 bits per heavy atom. The fourth-order valence-electron chi connectivity index (χ4n) is 2.85. The first kappa shape index (κ1) is 18.1. The zero-order chi connectivity index (χ0) is 17.7. The molecule has 24 heavy (non-hydrogen) atoms. The Bertz CT molecular complexity index is 610. The molecule has 1 amide bonds. The summed E-state index contributed by atoms with van der Waals surface area (Å²) in [5.74, 6) is -1.40. The second-order valence-electron chi connectivity index (χ2n) is 5.75. The first-order valence-corrected chi connectivity index (χ1v) is 7.41. The van der Waals surface area contributed by atoms with Crippen molar-refractivity contribution in [3.8, 4) is 5.75 Å². The molecule has 0 bridgehead atoms. The number of carboxylic acids is 1. The maximum absolute atomic E-state index is 12.4. The second kappa shape index (κ2) is 7.57. The first-order valence-electron chi connectivity index (χ1n) is 7.41. The van der Waals surface area contributed by atoms with Crippen LogP contribution in [0, 0.1) is 5.41 Å². The van der Waals surface area contributed by atoms with E-state index in [-0.39, 0.29) is 44.2 Å². The molecule has 0 aliphatic carbocycles. The van der Waals surface area contributed by atoms with E-state index in [1.807, 2.05) is 0 Å². The highest BCUT2D eigenvalue weighted by Gasteiger charge is 2.46. The molecule has 6 nitrogen and oxygen atoms in total. The molecule has 2 rings (SSSR count). The summed E-state index contributed by atoms with van der Waals surface area (Å²) in [7, 11) is 1.41. The molecule has 132 valence electrons. The van der Waals surface area contributed by atoms with Gasteiger partial charge in [0.25, 0.3) is 0 Å². The highest BCUT2D eigenvalue weighted by Crippen LogP contribution is 2.32. The molecule has 0 radical (unpaired) electrons. The zero-order valence-corrected chi connectivity index (χ0v) is 13.2. The number of nitrogens with zero attached hydrogens (tertiary/aromatic N) is 1. The lowest BCUT2D eigenvalue weighted by Crippen LogP contribution is -2.40. The first-order chi connectivity index (χ1) is 11.4. The van der Waals surface area contributed by atoms with Gasteiger partial charge in [0.15, 0.2) is 0 Å². The molecule has 1 aromatic carbocycles. The van der Waals surface area contributed by atoms with Crippen molar-refractivity contribution in [3.63, 3.8) is 0 Å². The highest BCUT2D eigenvalue weighted by atomic mass is 19.3. The van der Waals surface area contributed by atoms with E-state index >= 15 is 0 Å². The minimum atomic E-state index is -2.98. The third-order valence-corrected chi connectivity index (χ3v) is 4.11. The Hall–Kier alpha value is -2.22. The number of benzene rings is 1. The van der Waals surface area contributed by atoms with Crippen LogP contribution in [0.4, 0.5) is 8.78 Å². The number of hydrogen-bond acceptors (Lipinski definition) is 4. The molecule has 8 heteroatoms. The maximum atomic E-state index is 12.4. The van der Waals surface area contributed by atoms with Gasteiger partial charge >= 0.3 is 12.6 Å². The summed E-state index contributed by atoms with van der Waals surface area (Å²) in [4.78, 5) is 25.3. The number of likely N-dealkylation sites (tertiary alicyclic amines) is 1. The van der Waals surface area contributed by atoms with Gasteiger partial charge in [0.1, 0.15) is 11.2 Å². The van der Waals surface area contributed by atoms with Crippen LogP contribution in [0.3, 0.4) is 0 Å². The van der Waals surface area contributed by atoms with E-state index in [4.69, 9.17) is 4.74 Å². The topological polar surface area (TPSA) is 76.1 Å².